The average Bonchev–Trinajstić information content (AvgIpc) is 2.90. The fourth-order valence-corrected chi connectivity index (χ4v) is 3.76. The molecular formula is C20H17N3O2S2. The highest BCUT2D eigenvalue weighted by Crippen LogP contribution is 2.31. The van der Waals surface area contributed by atoms with Gasteiger partial charge in [0.25, 0.3) is 5.91 Å². The second-order valence-electron chi connectivity index (χ2n) is 5.83. The summed E-state index contributed by atoms with van der Waals surface area (Å²) in [5.74, 6) is -0.171. The molecule has 1 aromatic carbocycles. The summed E-state index contributed by atoms with van der Waals surface area (Å²) in [6.45, 7) is 1.79. The zero-order valence-electron chi connectivity index (χ0n) is 14.6. The van der Waals surface area contributed by atoms with E-state index < -0.39 is 0 Å². The Morgan fingerprint density at radius 3 is 2.67 bits per heavy atom. The number of rotatable bonds is 5. The largest absolute Gasteiger partial charge is 0.309 e. The predicted octanol–water partition coefficient (Wildman–Crippen LogP) is 3.87. The number of pyridine rings is 1. The van der Waals surface area contributed by atoms with Crippen molar-refractivity contribution in [2.75, 3.05) is 11.9 Å². The Morgan fingerprint density at radius 2 is 1.96 bits per heavy atom. The highest BCUT2D eigenvalue weighted by Gasteiger charge is 2.33. The molecule has 2 amide bonds. The molecule has 5 nitrogen and oxygen atoms in total. The predicted molar refractivity (Wildman–Crippen MR) is 113 cm³/mol. The summed E-state index contributed by atoms with van der Waals surface area (Å²) in [5, 5.41) is 2.65. The fraction of sp³-hybridized carbons (Fsp3) is 0.100. The highest BCUT2D eigenvalue weighted by atomic mass is 32.2. The summed E-state index contributed by atoms with van der Waals surface area (Å²) in [6.07, 6.45) is 5.36. The Bertz CT molecular complexity index is 925. The molecule has 2 heterocycles. The summed E-state index contributed by atoms with van der Waals surface area (Å²) in [6, 6.07) is 15.1. The van der Waals surface area contributed by atoms with Crippen LogP contribution in [-0.2, 0) is 9.59 Å². The van der Waals surface area contributed by atoms with Gasteiger partial charge in [-0.3, -0.25) is 14.5 Å². The number of nitrogens with one attached hydrogen (secondary N) is 1. The van der Waals surface area contributed by atoms with E-state index in [4.69, 9.17) is 12.2 Å². The molecule has 1 fully saturated rings. The summed E-state index contributed by atoms with van der Waals surface area (Å²) in [4.78, 5) is 30.7. The van der Waals surface area contributed by atoms with E-state index >= 15 is 0 Å². The van der Waals surface area contributed by atoms with Crippen molar-refractivity contribution in [1.82, 2.24) is 9.88 Å². The maximum absolute atomic E-state index is 12.6. The number of nitrogens with zero attached hydrogens (tertiary/aromatic N) is 2. The van der Waals surface area contributed by atoms with Gasteiger partial charge in [0.15, 0.2) is 0 Å². The Labute approximate surface area is 167 Å². The van der Waals surface area contributed by atoms with Crippen LogP contribution in [0.1, 0.15) is 12.5 Å². The van der Waals surface area contributed by atoms with Gasteiger partial charge in [-0.05, 0) is 36.3 Å². The first-order chi connectivity index (χ1) is 13.0. The maximum Gasteiger partial charge on any atom is 0.266 e. The molecule has 1 aromatic heterocycles. The SMILES string of the molecule is CC(=C/c1ccccc1)/C=C1/SC(=S)N(CC(=O)Nc2ccccn2)C1=O. The average molecular weight is 396 g/mol. The lowest BCUT2D eigenvalue weighted by atomic mass is 10.1. The minimum Gasteiger partial charge on any atom is -0.309 e. The summed E-state index contributed by atoms with van der Waals surface area (Å²) in [7, 11) is 0. The van der Waals surface area contributed by atoms with E-state index in [9.17, 15) is 9.59 Å². The van der Waals surface area contributed by atoms with Gasteiger partial charge in [0.2, 0.25) is 5.91 Å². The molecule has 1 saturated heterocycles. The second kappa shape index (κ2) is 8.75. The second-order valence-corrected chi connectivity index (χ2v) is 7.51. The first-order valence-corrected chi connectivity index (χ1v) is 9.45. The number of benzene rings is 1. The van der Waals surface area contributed by atoms with Crippen LogP contribution in [0.3, 0.4) is 0 Å². The van der Waals surface area contributed by atoms with Crippen LogP contribution in [0.2, 0.25) is 0 Å². The number of allylic oxidation sites excluding steroid dienone is 2. The third kappa shape index (κ3) is 5.12. The molecule has 0 unspecified atom stereocenters. The van der Waals surface area contributed by atoms with Gasteiger partial charge in [-0.25, -0.2) is 4.98 Å². The van der Waals surface area contributed by atoms with Crippen LogP contribution in [0.5, 0.6) is 0 Å². The smallest absolute Gasteiger partial charge is 0.266 e. The lowest BCUT2D eigenvalue weighted by Gasteiger charge is -2.13. The minimum absolute atomic E-state index is 0.139. The lowest BCUT2D eigenvalue weighted by molar-refractivity contribution is -0.126. The summed E-state index contributed by atoms with van der Waals surface area (Å²) < 4.78 is 0.370. The van der Waals surface area contributed by atoms with Gasteiger partial charge < -0.3 is 5.32 Å². The molecule has 1 aliphatic rings. The molecular weight excluding hydrogens is 378 g/mol. The molecule has 1 aliphatic heterocycles. The number of hydrogen-bond donors (Lipinski definition) is 1. The molecule has 0 radical (unpaired) electrons. The van der Waals surface area contributed by atoms with Crippen LogP contribution in [-0.4, -0.2) is 32.6 Å². The fourth-order valence-electron chi connectivity index (χ4n) is 2.46. The van der Waals surface area contributed by atoms with Gasteiger partial charge in [-0.1, -0.05) is 66.5 Å². The van der Waals surface area contributed by atoms with Crippen LogP contribution < -0.4 is 5.32 Å². The number of carbonyl (C=O) groups excluding carboxylic acids is 2. The van der Waals surface area contributed by atoms with Gasteiger partial charge in [0, 0.05) is 6.20 Å². The molecule has 136 valence electrons. The molecule has 0 atom stereocenters. The normalized spacial score (nSPS) is 16.1. The molecule has 0 bridgehead atoms. The molecule has 3 rings (SSSR count). The van der Waals surface area contributed by atoms with Crippen LogP contribution >= 0.6 is 24.0 Å². The topological polar surface area (TPSA) is 62.3 Å². The number of anilines is 1. The quantitative estimate of drug-likeness (QED) is 0.615. The Morgan fingerprint density at radius 1 is 1.22 bits per heavy atom. The summed E-state index contributed by atoms with van der Waals surface area (Å²) >= 11 is 6.47. The number of thiocarbonyl (C=S) groups is 1. The van der Waals surface area contributed by atoms with Gasteiger partial charge in [0.1, 0.15) is 16.7 Å². The van der Waals surface area contributed by atoms with Crippen molar-refractivity contribution >= 4 is 52.0 Å². The monoisotopic (exact) mass is 395 g/mol. The Balaban J connectivity index is 1.67. The van der Waals surface area contributed by atoms with Crippen molar-refractivity contribution in [1.29, 1.82) is 0 Å². The van der Waals surface area contributed by atoms with E-state index in [1.54, 1.807) is 30.5 Å². The van der Waals surface area contributed by atoms with Crippen LogP contribution in [0.15, 0.2) is 71.3 Å². The van der Waals surface area contributed by atoms with Crippen molar-refractivity contribution in [2.24, 2.45) is 0 Å². The number of hydrogen-bond acceptors (Lipinski definition) is 5. The number of thioether (sulfide) groups is 1. The Kier molecular flexibility index (Phi) is 6.16. The highest BCUT2D eigenvalue weighted by molar-refractivity contribution is 8.26. The lowest BCUT2D eigenvalue weighted by Crippen LogP contribution is -2.36. The van der Waals surface area contributed by atoms with Gasteiger partial charge in [0.05, 0.1) is 4.91 Å². The molecule has 0 aliphatic carbocycles. The van der Waals surface area contributed by atoms with Crippen molar-refractivity contribution in [3.05, 3.63) is 76.8 Å². The Hall–Kier alpha value is -2.77. The van der Waals surface area contributed by atoms with Crippen LogP contribution in [0.25, 0.3) is 6.08 Å². The van der Waals surface area contributed by atoms with E-state index in [2.05, 4.69) is 10.3 Å². The van der Waals surface area contributed by atoms with Crippen LogP contribution in [0, 0.1) is 0 Å². The van der Waals surface area contributed by atoms with Crippen molar-refractivity contribution in [3.8, 4) is 0 Å². The third-order valence-electron chi connectivity index (χ3n) is 3.66. The van der Waals surface area contributed by atoms with E-state index in [0.717, 1.165) is 11.1 Å². The van der Waals surface area contributed by atoms with Gasteiger partial charge in [-0.15, -0.1) is 0 Å². The zero-order chi connectivity index (χ0) is 19.2. The van der Waals surface area contributed by atoms with E-state index in [1.165, 1.54) is 16.7 Å². The molecule has 1 N–H and O–H groups in total. The molecule has 0 spiro atoms. The zero-order valence-corrected chi connectivity index (χ0v) is 16.2. The first-order valence-electron chi connectivity index (χ1n) is 8.22. The van der Waals surface area contributed by atoms with Crippen molar-refractivity contribution in [2.45, 2.75) is 6.92 Å². The number of aromatic nitrogens is 1. The van der Waals surface area contributed by atoms with E-state index in [0.29, 0.717) is 15.0 Å². The third-order valence-corrected chi connectivity index (χ3v) is 5.04. The molecule has 0 saturated carbocycles. The van der Waals surface area contributed by atoms with Gasteiger partial charge >= 0.3 is 0 Å². The minimum atomic E-state index is -0.345. The van der Waals surface area contributed by atoms with Crippen molar-refractivity contribution in [3.63, 3.8) is 0 Å². The molecule has 7 heteroatoms. The van der Waals surface area contributed by atoms with Crippen molar-refractivity contribution < 1.29 is 9.59 Å². The maximum atomic E-state index is 12.6. The number of carbonyl (C=O) groups is 2. The van der Waals surface area contributed by atoms with E-state index in [-0.39, 0.29) is 18.4 Å². The first kappa shape index (κ1) is 19.0. The molecule has 27 heavy (non-hydrogen) atoms. The van der Waals surface area contributed by atoms with Gasteiger partial charge in [-0.2, -0.15) is 0 Å². The van der Waals surface area contributed by atoms with E-state index in [1.807, 2.05) is 43.3 Å². The summed E-state index contributed by atoms with van der Waals surface area (Å²) in [5.41, 5.74) is 1.98. The standard InChI is InChI=1S/C20H17N3O2S2/c1-14(11-15-7-3-2-4-8-15)12-16-19(25)23(20(26)27-16)13-18(24)22-17-9-5-6-10-21-17/h2-12H,13H2,1H3,(H,21,22,24)/b14-11-,16-12+. The number of amides is 2. The molecule has 2 aromatic rings. The van der Waals surface area contributed by atoms with Crippen LogP contribution in [0.4, 0.5) is 5.82 Å².